The number of fused-ring (bicyclic) bond motifs is 1. The summed E-state index contributed by atoms with van der Waals surface area (Å²) in [5, 5.41) is 9.89. The van der Waals surface area contributed by atoms with E-state index in [0.29, 0.717) is 10.4 Å². The number of methoxy groups -OCH3 is 1. The molecule has 2 rings (SSSR count). The predicted molar refractivity (Wildman–Crippen MR) is 62.6 cm³/mol. The van der Waals surface area contributed by atoms with E-state index in [1.54, 1.807) is 6.07 Å². The number of carbonyl (C=O) groups is 1. The van der Waals surface area contributed by atoms with Crippen LogP contribution in [0.1, 0.15) is 20.8 Å². The second kappa shape index (κ2) is 3.95. The van der Waals surface area contributed by atoms with E-state index >= 15 is 0 Å². The molecule has 0 aliphatic rings. The molecule has 80 valence electrons. The van der Waals surface area contributed by atoms with E-state index in [2.05, 4.69) is 10.8 Å². The van der Waals surface area contributed by atoms with Crippen molar-refractivity contribution in [3.63, 3.8) is 0 Å². The van der Waals surface area contributed by atoms with Crippen molar-refractivity contribution in [3.8, 4) is 6.07 Å². The number of benzene rings is 1. The molecule has 0 saturated heterocycles. The van der Waals surface area contributed by atoms with E-state index in [-0.39, 0.29) is 5.97 Å². The molecule has 4 heteroatoms. The predicted octanol–water partition coefficient (Wildman–Crippen LogP) is 2.87. The van der Waals surface area contributed by atoms with Gasteiger partial charge in [0, 0.05) is 10.1 Å². The zero-order valence-corrected chi connectivity index (χ0v) is 9.72. The first-order chi connectivity index (χ1) is 7.67. The molecule has 0 bridgehead atoms. The van der Waals surface area contributed by atoms with E-state index < -0.39 is 0 Å². The molecule has 0 spiro atoms. The number of thiophene rings is 1. The smallest absolute Gasteiger partial charge is 0.348 e. The van der Waals surface area contributed by atoms with Gasteiger partial charge in [-0.3, -0.25) is 0 Å². The Morgan fingerprint density at radius 3 is 2.88 bits per heavy atom. The van der Waals surface area contributed by atoms with Crippen LogP contribution in [-0.2, 0) is 4.74 Å². The van der Waals surface area contributed by atoms with Crippen molar-refractivity contribution in [2.45, 2.75) is 6.92 Å². The molecule has 0 fully saturated rings. The van der Waals surface area contributed by atoms with Gasteiger partial charge in [0.2, 0.25) is 0 Å². The van der Waals surface area contributed by atoms with Crippen LogP contribution in [0.2, 0.25) is 0 Å². The number of carbonyl (C=O) groups excluding carboxylic acids is 1. The fourth-order valence-electron chi connectivity index (χ4n) is 1.57. The minimum Gasteiger partial charge on any atom is -0.465 e. The summed E-state index contributed by atoms with van der Waals surface area (Å²) in [7, 11) is 1.35. The highest BCUT2D eigenvalue weighted by Crippen LogP contribution is 2.30. The molecule has 3 nitrogen and oxygen atoms in total. The van der Waals surface area contributed by atoms with Gasteiger partial charge in [0.1, 0.15) is 10.9 Å². The molecule has 1 heterocycles. The van der Waals surface area contributed by atoms with Gasteiger partial charge in [-0.15, -0.1) is 11.3 Å². The highest BCUT2D eigenvalue weighted by Gasteiger charge is 2.13. The molecular formula is C12H9NO2S. The van der Waals surface area contributed by atoms with E-state index in [1.165, 1.54) is 18.4 Å². The normalized spacial score (nSPS) is 10.1. The summed E-state index contributed by atoms with van der Waals surface area (Å²) in [6.45, 7) is 1.88. The Bertz CT molecular complexity index is 607. The Hall–Kier alpha value is -1.86. The lowest BCUT2D eigenvalue weighted by Gasteiger charge is -1.96. The molecule has 0 aliphatic heterocycles. The molecule has 0 unspecified atom stereocenters. The van der Waals surface area contributed by atoms with Crippen molar-refractivity contribution in [1.82, 2.24) is 0 Å². The van der Waals surface area contributed by atoms with E-state index in [1.807, 2.05) is 19.1 Å². The maximum absolute atomic E-state index is 11.4. The van der Waals surface area contributed by atoms with E-state index in [9.17, 15) is 4.79 Å². The third-order valence-electron chi connectivity index (χ3n) is 2.41. The minimum atomic E-state index is -0.359. The van der Waals surface area contributed by atoms with E-state index in [4.69, 9.17) is 5.26 Å². The molecule has 16 heavy (non-hydrogen) atoms. The lowest BCUT2D eigenvalue weighted by molar-refractivity contribution is 0.0606. The second-order valence-electron chi connectivity index (χ2n) is 3.38. The van der Waals surface area contributed by atoms with Crippen LogP contribution in [0.15, 0.2) is 18.2 Å². The molecule has 0 N–H and O–H groups in total. The van der Waals surface area contributed by atoms with Gasteiger partial charge in [-0.2, -0.15) is 5.26 Å². The molecule has 2 aromatic rings. The largest absolute Gasteiger partial charge is 0.465 e. The maximum atomic E-state index is 11.4. The summed E-state index contributed by atoms with van der Waals surface area (Å²) < 4.78 is 5.59. The van der Waals surface area contributed by atoms with Crippen molar-refractivity contribution < 1.29 is 9.53 Å². The number of hydrogen-bond donors (Lipinski definition) is 0. The zero-order valence-electron chi connectivity index (χ0n) is 8.90. The number of hydrogen-bond acceptors (Lipinski definition) is 4. The van der Waals surface area contributed by atoms with Gasteiger partial charge in [-0.1, -0.05) is 6.07 Å². The summed E-state index contributed by atoms with van der Waals surface area (Å²) >= 11 is 1.34. The Balaban J connectivity index is 2.72. The minimum absolute atomic E-state index is 0.359. The van der Waals surface area contributed by atoms with Gasteiger partial charge < -0.3 is 4.74 Å². The van der Waals surface area contributed by atoms with Crippen molar-refractivity contribution in [1.29, 1.82) is 5.26 Å². The number of nitriles is 1. The summed E-state index contributed by atoms with van der Waals surface area (Å²) in [5.74, 6) is -0.359. The van der Waals surface area contributed by atoms with Crippen LogP contribution >= 0.6 is 11.3 Å². The Morgan fingerprint density at radius 1 is 1.50 bits per heavy atom. The summed E-state index contributed by atoms with van der Waals surface area (Å²) in [6.07, 6.45) is 0. The molecular weight excluding hydrogens is 222 g/mol. The first-order valence-electron chi connectivity index (χ1n) is 4.69. The molecule has 0 aliphatic carbocycles. The molecule has 0 saturated carbocycles. The highest BCUT2D eigenvalue weighted by molar-refractivity contribution is 7.20. The Morgan fingerprint density at radius 2 is 2.25 bits per heavy atom. The SMILES string of the molecule is COC(=O)c1cc2c(C#N)c(C)ccc2s1. The first kappa shape index (κ1) is 10.7. The Kier molecular flexibility index (Phi) is 2.63. The topological polar surface area (TPSA) is 50.1 Å². The molecule has 0 radical (unpaired) electrons. The monoisotopic (exact) mass is 231 g/mol. The number of ether oxygens (including phenoxy) is 1. The van der Waals surface area contributed by atoms with Crippen LogP contribution in [0, 0.1) is 18.3 Å². The number of esters is 1. The van der Waals surface area contributed by atoms with Crippen LogP contribution in [0.4, 0.5) is 0 Å². The van der Waals surface area contributed by atoms with Crippen molar-refractivity contribution in [2.75, 3.05) is 7.11 Å². The van der Waals surface area contributed by atoms with Gasteiger partial charge in [0.25, 0.3) is 0 Å². The highest BCUT2D eigenvalue weighted by atomic mass is 32.1. The van der Waals surface area contributed by atoms with Crippen LogP contribution < -0.4 is 0 Å². The van der Waals surface area contributed by atoms with Gasteiger partial charge >= 0.3 is 5.97 Å². The zero-order chi connectivity index (χ0) is 11.7. The van der Waals surface area contributed by atoms with E-state index in [0.717, 1.165) is 15.6 Å². The first-order valence-corrected chi connectivity index (χ1v) is 5.50. The maximum Gasteiger partial charge on any atom is 0.348 e. The van der Waals surface area contributed by atoms with Gasteiger partial charge in [0.05, 0.1) is 12.7 Å². The third kappa shape index (κ3) is 1.55. The van der Waals surface area contributed by atoms with Crippen LogP contribution in [0.3, 0.4) is 0 Å². The van der Waals surface area contributed by atoms with Gasteiger partial charge in [0.15, 0.2) is 0 Å². The van der Waals surface area contributed by atoms with Gasteiger partial charge in [-0.25, -0.2) is 4.79 Å². The molecule has 0 amide bonds. The molecule has 1 aromatic carbocycles. The third-order valence-corrected chi connectivity index (χ3v) is 3.49. The summed E-state index contributed by atoms with van der Waals surface area (Å²) in [4.78, 5) is 11.9. The summed E-state index contributed by atoms with van der Waals surface area (Å²) in [5.41, 5.74) is 1.55. The van der Waals surface area contributed by atoms with Gasteiger partial charge in [-0.05, 0) is 24.6 Å². The van der Waals surface area contributed by atoms with Crippen LogP contribution in [-0.4, -0.2) is 13.1 Å². The number of rotatable bonds is 1. The van der Waals surface area contributed by atoms with Crippen molar-refractivity contribution in [3.05, 3.63) is 34.2 Å². The average Bonchev–Trinajstić information content (AvgIpc) is 2.71. The second-order valence-corrected chi connectivity index (χ2v) is 4.47. The van der Waals surface area contributed by atoms with Crippen molar-refractivity contribution >= 4 is 27.4 Å². The van der Waals surface area contributed by atoms with Crippen LogP contribution in [0.25, 0.3) is 10.1 Å². The average molecular weight is 231 g/mol. The molecule has 0 atom stereocenters. The fraction of sp³-hybridized carbons (Fsp3) is 0.167. The Labute approximate surface area is 96.9 Å². The van der Waals surface area contributed by atoms with Crippen LogP contribution in [0.5, 0.6) is 0 Å². The lowest BCUT2D eigenvalue weighted by atomic mass is 10.1. The quantitative estimate of drug-likeness (QED) is 0.709. The number of nitrogens with zero attached hydrogens (tertiary/aromatic N) is 1. The number of aryl methyl sites for hydroxylation is 1. The standard InChI is InChI=1S/C12H9NO2S/c1-7-3-4-10-8(9(7)6-13)5-11(16-10)12(14)15-2/h3-5H,1-2H3. The van der Waals surface area contributed by atoms with Crippen molar-refractivity contribution in [2.24, 2.45) is 0 Å². The molecule has 1 aromatic heterocycles. The lowest BCUT2D eigenvalue weighted by Crippen LogP contribution is -1.96. The fourth-order valence-corrected chi connectivity index (χ4v) is 2.56. The summed E-state index contributed by atoms with van der Waals surface area (Å²) in [6, 6.07) is 7.69.